The van der Waals surface area contributed by atoms with Crippen molar-refractivity contribution in [2.75, 3.05) is 0 Å². The first-order valence-electron chi connectivity index (χ1n) is 7.95. The number of carboxylic acids is 1. The molecule has 6 heteroatoms. The van der Waals surface area contributed by atoms with Crippen LogP contribution in [-0.4, -0.2) is 17.8 Å². The van der Waals surface area contributed by atoms with Crippen LogP contribution in [-0.2, 0) is 20.8 Å². The van der Waals surface area contributed by atoms with Crippen LogP contribution in [0.25, 0.3) is 0 Å². The van der Waals surface area contributed by atoms with Crippen LogP contribution in [0.2, 0.25) is 0 Å². The molecular formula is C18H19N2O4-. The average molecular weight is 327 g/mol. The summed E-state index contributed by atoms with van der Waals surface area (Å²) in [6, 6.07) is 9.14. The van der Waals surface area contributed by atoms with Crippen LogP contribution in [0.1, 0.15) is 18.9 Å². The Labute approximate surface area is 139 Å². The van der Waals surface area contributed by atoms with Gasteiger partial charge in [-0.15, -0.1) is 0 Å². The molecule has 1 aromatic carbocycles. The first kappa shape index (κ1) is 16.2. The molecule has 2 N–H and O–H groups in total. The van der Waals surface area contributed by atoms with Crippen molar-refractivity contribution in [2.45, 2.75) is 19.8 Å². The molecule has 2 aliphatic rings. The number of fused-ring (bicyclic) bond motifs is 2. The molecule has 1 aromatic rings. The highest BCUT2D eigenvalue weighted by molar-refractivity contribution is 5.90. The van der Waals surface area contributed by atoms with Crippen LogP contribution in [0.5, 0.6) is 0 Å². The van der Waals surface area contributed by atoms with Crippen LogP contribution < -0.4 is 16.0 Å². The molecule has 0 aliphatic heterocycles. The van der Waals surface area contributed by atoms with Crippen LogP contribution >= 0.6 is 0 Å². The van der Waals surface area contributed by atoms with E-state index in [-0.39, 0.29) is 24.2 Å². The van der Waals surface area contributed by atoms with E-state index in [1.54, 1.807) is 6.92 Å². The summed E-state index contributed by atoms with van der Waals surface area (Å²) in [5.74, 6) is -3.15. The van der Waals surface area contributed by atoms with Gasteiger partial charge in [0.1, 0.15) is 0 Å². The van der Waals surface area contributed by atoms with Gasteiger partial charge in [0.15, 0.2) is 0 Å². The highest BCUT2D eigenvalue weighted by atomic mass is 16.4. The topological polar surface area (TPSA) is 98.3 Å². The van der Waals surface area contributed by atoms with Crippen molar-refractivity contribution >= 4 is 17.8 Å². The van der Waals surface area contributed by atoms with Crippen molar-refractivity contribution in [1.29, 1.82) is 0 Å². The van der Waals surface area contributed by atoms with Crippen molar-refractivity contribution in [3.05, 3.63) is 48.0 Å². The molecule has 0 unspecified atom stereocenters. The molecule has 0 spiro atoms. The van der Waals surface area contributed by atoms with Crippen molar-refractivity contribution < 1.29 is 19.5 Å². The minimum absolute atomic E-state index is 0.134. The minimum Gasteiger partial charge on any atom is -0.550 e. The van der Waals surface area contributed by atoms with Gasteiger partial charge in [0, 0.05) is 11.4 Å². The fraction of sp³-hybridized carbons (Fsp3) is 0.389. The van der Waals surface area contributed by atoms with Crippen LogP contribution in [0.3, 0.4) is 0 Å². The molecule has 4 atom stereocenters. The van der Waals surface area contributed by atoms with Crippen molar-refractivity contribution in [2.24, 2.45) is 23.2 Å². The van der Waals surface area contributed by atoms with Crippen molar-refractivity contribution in [3.8, 4) is 0 Å². The quantitative estimate of drug-likeness (QED) is 0.598. The van der Waals surface area contributed by atoms with E-state index in [0.29, 0.717) is 6.42 Å². The third-order valence-corrected chi connectivity index (χ3v) is 5.22. The van der Waals surface area contributed by atoms with E-state index in [9.17, 15) is 19.5 Å². The Balaban J connectivity index is 1.62. The number of rotatable bonds is 4. The van der Waals surface area contributed by atoms with Crippen LogP contribution in [0.4, 0.5) is 0 Å². The minimum atomic E-state index is -1.24. The van der Waals surface area contributed by atoms with Gasteiger partial charge in [0.05, 0.1) is 12.3 Å². The number of hydrazine groups is 1. The number of aliphatic carboxylic acids is 1. The predicted molar refractivity (Wildman–Crippen MR) is 83.8 cm³/mol. The lowest BCUT2D eigenvalue weighted by atomic mass is 9.69. The lowest BCUT2D eigenvalue weighted by Gasteiger charge is -2.38. The molecule has 2 amide bonds. The lowest BCUT2D eigenvalue weighted by molar-refractivity contribution is -0.321. The standard InChI is InChI=1S/C18H20N2O4/c1-18(17(23)24)13-8-7-12(10-13)15(18)16(22)20-19-14(21)9-11-5-3-2-4-6-11/h2-8,12-13,15H,9-10H2,1H3,(H,19,21)(H,20,22)(H,23,24)/p-1/t12-,13-,15-,18-/m1/s1. The Hall–Kier alpha value is -2.63. The molecule has 6 nitrogen and oxygen atoms in total. The van der Waals surface area contributed by atoms with Crippen LogP contribution in [0, 0.1) is 23.2 Å². The van der Waals surface area contributed by atoms with E-state index in [0.717, 1.165) is 5.56 Å². The summed E-state index contributed by atoms with van der Waals surface area (Å²) in [5.41, 5.74) is 4.33. The normalized spacial score (nSPS) is 30.1. The molecule has 0 radical (unpaired) electrons. The van der Waals surface area contributed by atoms with Gasteiger partial charge in [0.2, 0.25) is 11.8 Å². The zero-order valence-corrected chi connectivity index (χ0v) is 13.3. The summed E-state index contributed by atoms with van der Waals surface area (Å²) in [4.78, 5) is 36.0. The third-order valence-electron chi connectivity index (χ3n) is 5.22. The van der Waals surface area contributed by atoms with Gasteiger partial charge in [-0.1, -0.05) is 49.4 Å². The summed E-state index contributed by atoms with van der Waals surface area (Å²) in [5, 5.41) is 11.6. The summed E-state index contributed by atoms with van der Waals surface area (Å²) in [7, 11) is 0. The Morgan fingerprint density at radius 1 is 1.17 bits per heavy atom. The second kappa shape index (κ2) is 6.11. The van der Waals surface area contributed by atoms with E-state index in [4.69, 9.17) is 0 Å². The first-order chi connectivity index (χ1) is 11.4. The van der Waals surface area contributed by atoms with E-state index >= 15 is 0 Å². The largest absolute Gasteiger partial charge is 0.550 e. The summed E-state index contributed by atoms with van der Waals surface area (Å²) in [6.45, 7) is 1.55. The molecule has 1 fully saturated rings. The second-order valence-electron chi connectivity index (χ2n) is 6.64. The summed E-state index contributed by atoms with van der Waals surface area (Å²) >= 11 is 0. The Kier molecular flexibility index (Phi) is 4.13. The molecule has 3 rings (SSSR count). The van der Waals surface area contributed by atoms with E-state index < -0.39 is 23.2 Å². The van der Waals surface area contributed by atoms with Crippen LogP contribution in [0.15, 0.2) is 42.5 Å². The fourth-order valence-corrected chi connectivity index (χ4v) is 3.87. The number of hydrogen-bond acceptors (Lipinski definition) is 4. The van der Waals surface area contributed by atoms with Gasteiger partial charge in [-0.05, 0) is 23.8 Å². The maximum atomic E-state index is 12.5. The number of hydrogen-bond donors (Lipinski definition) is 2. The Morgan fingerprint density at radius 3 is 2.54 bits per heavy atom. The third kappa shape index (κ3) is 2.68. The summed E-state index contributed by atoms with van der Waals surface area (Å²) < 4.78 is 0. The molecule has 24 heavy (non-hydrogen) atoms. The molecule has 1 saturated carbocycles. The Bertz CT molecular complexity index is 700. The molecule has 0 heterocycles. The number of nitrogens with one attached hydrogen (secondary N) is 2. The lowest BCUT2D eigenvalue weighted by Crippen LogP contribution is -2.55. The van der Waals surface area contributed by atoms with Crippen molar-refractivity contribution in [3.63, 3.8) is 0 Å². The highest BCUT2D eigenvalue weighted by Gasteiger charge is 2.57. The van der Waals surface area contributed by atoms with Gasteiger partial charge in [-0.2, -0.15) is 0 Å². The first-order valence-corrected chi connectivity index (χ1v) is 7.95. The number of amides is 2. The van der Waals surface area contributed by atoms with E-state index in [2.05, 4.69) is 10.9 Å². The molecule has 0 aromatic heterocycles. The number of allylic oxidation sites excluding steroid dienone is 2. The number of carboxylic acid groups (broad SMARTS) is 1. The highest BCUT2D eigenvalue weighted by Crippen LogP contribution is 2.55. The van der Waals surface area contributed by atoms with Gasteiger partial charge in [0.25, 0.3) is 0 Å². The number of carbonyl (C=O) groups is 3. The molecule has 2 aliphatic carbocycles. The van der Waals surface area contributed by atoms with Gasteiger partial charge in [-0.3, -0.25) is 20.4 Å². The molecule has 0 saturated heterocycles. The van der Waals surface area contributed by atoms with Gasteiger partial charge >= 0.3 is 0 Å². The maximum absolute atomic E-state index is 12.5. The Morgan fingerprint density at radius 2 is 1.88 bits per heavy atom. The summed E-state index contributed by atoms with van der Waals surface area (Å²) in [6.07, 6.45) is 4.49. The zero-order valence-electron chi connectivity index (χ0n) is 13.3. The maximum Gasteiger partial charge on any atom is 0.243 e. The van der Waals surface area contributed by atoms with Crippen molar-refractivity contribution in [1.82, 2.24) is 10.9 Å². The smallest absolute Gasteiger partial charge is 0.243 e. The molecule has 126 valence electrons. The average Bonchev–Trinajstić information content (AvgIpc) is 3.13. The predicted octanol–water partition coefficient (Wildman–Crippen LogP) is -0.0452. The second-order valence-corrected chi connectivity index (χ2v) is 6.64. The number of benzene rings is 1. The zero-order chi connectivity index (χ0) is 17.3. The van der Waals surface area contributed by atoms with E-state index in [1.165, 1.54) is 0 Å². The SMILES string of the molecule is C[C@@]1(C(=O)[O-])[C@@H]2C=C[C@H](C2)[C@@H]1C(=O)NNC(=O)Cc1ccccc1. The monoisotopic (exact) mass is 327 g/mol. The fourth-order valence-electron chi connectivity index (χ4n) is 3.87. The number of carbonyl (C=O) groups excluding carboxylic acids is 3. The van der Waals surface area contributed by atoms with Gasteiger partial charge < -0.3 is 9.90 Å². The van der Waals surface area contributed by atoms with E-state index in [1.807, 2.05) is 42.5 Å². The van der Waals surface area contributed by atoms with Gasteiger partial charge in [-0.25, -0.2) is 0 Å². The molecule has 2 bridgehead atoms. The molecular weight excluding hydrogens is 308 g/mol.